The van der Waals surface area contributed by atoms with E-state index < -0.39 is 9.84 Å². The van der Waals surface area contributed by atoms with Gasteiger partial charge in [-0.1, -0.05) is 12.1 Å². The molecule has 0 atom stereocenters. The Morgan fingerprint density at radius 2 is 1.85 bits per heavy atom. The largest absolute Gasteiger partial charge is 0.324 e. The van der Waals surface area contributed by atoms with E-state index in [1.807, 2.05) is 37.3 Å². The van der Waals surface area contributed by atoms with Crippen molar-refractivity contribution in [2.24, 2.45) is 0 Å². The van der Waals surface area contributed by atoms with E-state index in [0.29, 0.717) is 12.4 Å². The highest BCUT2D eigenvalue weighted by Gasteiger charge is 2.03. The molecule has 0 unspecified atom stereocenters. The van der Waals surface area contributed by atoms with Gasteiger partial charge in [-0.05, 0) is 37.1 Å². The Bertz CT molecular complexity index is 682. The molecule has 0 aliphatic carbocycles. The van der Waals surface area contributed by atoms with Crippen LogP contribution in [0.1, 0.15) is 11.3 Å². The number of aryl methyl sites for hydroxylation is 2. The molecule has 106 valence electrons. The molecule has 1 aromatic heterocycles. The SMILES string of the molecule is Cc1ccnc(Nc2ccc(CCS(C)(=O)=O)cc2)n1. The fourth-order valence-corrected chi connectivity index (χ4v) is 2.30. The highest BCUT2D eigenvalue weighted by Crippen LogP contribution is 2.14. The molecule has 6 heteroatoms. The Hall–Kier alpha value is -1.95. The van der Waals surface area contributed by atoms with Crippen LogP contribution >= 0.6 is 0 Å². The maximum atomic E-state index is 11.1. The summed E-state index contributed by atoms with van der Waals surface area (Å²) in [7, 11) is -2.92. The minimum atomic E-state index is -2.92. The topological polar surface area (TPSA) is 72.0 Å². The standard InChI is InChI=1S/C14H17N3O2S/c1-11-7-9-15-14(16-11)17-13-5-3-12(4-6-13)8-10-20(2,18)19/h3-7,9H,8,10H2,1-2H3,(H,15,16,17). The Labute approximate surface area is 119 Å². The van der Waals surface area contributed by atoms with Gasteiger partial charge in [0.05, 0.1) is 5.75 Å². The molecular weight excluding hydrogens is 274 g/mol. The number of hydrogen-bond donors (Lipinski definition) is 1. The minimum absolute atomic E-state index is 0.167. The molecule has 0 aliphatic rings. The molecule has 0 amide bonds. The third-order valence-corrected chi connectivity index (χ3v) is 3.71. The first-order chi connectivity index (χ1) is 9.42. The van der Waals surface area contributed by atoms with Gasteiger partial charge < -0.3 is 5.32 Å². The van der Waals surface area contributed by atoms with E-state index in [-0.39, 0.29) is 5.75 Å². The lowest BCUT2D eigenvalue weighted by Gasteiger charge is -2.06. The van der Waals surface area contributed by atoms with Crippen LogP contribution in [-0.4, -0.2) is 30.4 Å². The molecule has 2 aromatic rings. The van der Waals surface area contributed by atoms with Crippen molar-refractivity contribution in [3.8, 4) is 0 Å². The van der Waals surface area contributed by atoms with E-state index in [1.54, 1.807) is 6.20 Å². The Kier molecular flexibility index (Phi) is 4.34. The number of anilines is 2. The van der Waals surface area contributed by atoms with Crippen molar-refractivity contribution in [1.29, 1.82) is 0 Å². The summed E-state index contributed by atoms with van der Waals surface area (Å²) in [5.74, 6) is 0.717. The average Bonchev–Trinajstić information content (AvgIpc) is 2.37. The monoisotopic (exact) mass is 291 g/mol. The van der Waals surface area contributed by atoms with Gasteiger partial charge in [-0.25, -0.2) is 18.4 Å². The van der Waals surface area contributed by atoms with Crippen molar-refractivity contribution in [1.82, 2.24) is 9.97 Å². The number of aromatic nitrogens is 2. The summed E-state index contributed by atoms with van der Waals surface area (Å²) in [5, 5.41) is 3.10. The van der Waals surface area contributed by atoms with E-state index in [9.17, 15) is 8.42 Å². The molecule has 20 heavy (non-hydrogen) atoms. The van der Waals surface area contributed by atoms with Crippen molar-refractivity contribution in [2.45, 2.75) is 13.3 Å². The van der Waals surface area contributed by atoms with Crippen LogP contribution in [0.15, 0.2) is 36.5 Å². The Balaban J connectivity index is 2.01. The summed E-state index contributed by atoms with van der Waals surface area (Å²) in [6.07, 6.45) is 3.48. The third kappa shape index (κ3) is 4.62. The number of hydrogen-bond acceptors (Lipinski definition) is 5. The Morgan fingerprint density at radius 3 is 2.45 bits per heavy atom. The van der Waals surface area contributed by atoms with Crippen LogP contribution < -0.4 is 5.32 Å². The lowest BCUT2D eigenvalue weighted by Crippen LogP contribution is -2.05. The predicted octanol–water partition coefficient (Wildman–Crippen LogP) is 2.12. The van der Waals surface area contributed by atoms with Gasteiger partial charge in [0, 0.05) is 23.8 Å². The van der Waals surface area contributed by atoms with Crippen LogP contribution in [0.25, 0.3) is 0 Å². The zero-order chi connectivity index (χ0) is 14.6. The average molecular weight is 291 g/mol. The first-order valence-corrected chi connectivity index (χ1v) is 8.32. The first-order valence-electron chi connectivity index (χ1n) is 6.26. The zero-order valence-corrected chi connectivity index (χ0v) is 12.3. The van der Waals surface area contributed by atoms with Crippen LogP contribution in [0.3, 0.4) is 0 Å². The van der Waals surface area contributed by atoms with Gasteiger partial charge in [-0.2, -0.15) is 0 Å². The highest BCUT2D eigenvalue weighted by molar-refractivity contribution is 7.90. The Morgan fingerprint density at radius 1 is 1.15 bits per heavy atom. The van der Waals surface area contributed by atoms with Gasteiger partial charge in [0.2, 0.25) is 5.95 Å². The molecule has 1 aromatic carbocycles. The van der Waals surface area contributed by atoms with E-state index in [1.165, 1.54) is 6.26 Å². The predicted molar refractivity (Wildman–Crippen MR) is 79.9 cm³/mol. The summed E-state index contributed by atoms with van der Waals surface area (Å²) in [4.78, 5) is 8.38. The summed E-state index contributed by atoms with van der Waals surface area (Å²) in [6, 6.07) is 9.43. The lowest BCUT2D eigenvalue weighted by molar-refractivity contribution is 0.601. The van der Waals surface area contributed by atoms with Gasteiger partial charge in [-0.3, -0.25) is 0 Å². The van der Waals surface area contributed by atoms with Crippen LogP contribution in [0.5, 0.6) is 0 Å². The molecule has 0 saturated carbocycles. The maximum absolute atomic E-state index is 11.1. The molecule has 2 rings (SSSR count). The third-order valence-electron chi connectivity index (χ3n) is 2.77. The number of nitrogens with one attached hydrogen (secondary N) is 1. The molecule has 1 heterocycles. The van der Waals surface area contributed by atoms with Crippen molar-refractivity contribution in [3.05, 3.63) is 47.8 Å². The van der Waals surface area contributed by atoms with Crippen LogP contribution in [0, 0.1) is 6.92 Å². The molecule has 0 bridgehead atoms. The number of benzene rings is 1. The number of nitrogens with zero attached hydrogens (tertiary/aromatic N) is 2. The normalized spacial score (nSPS) is 11.3. The molecule has 0 spiro atoms. The van der Waals surface area contributed by atoms with Crippen molar-refractivity contribution < 1.29 is 8.42 Å². The second-order valence-electron chi connectivity index (χ2n) is 4.72. The lowest BCUT2D eigenvalue weighted by atomic mass is 10.1. The van der Waals surface area contributed by atoms with E-state index in [4.69, 9.17) is 0 Å². The molecule has 0 fully saturated rings. The van der Waals surface area contributed by atoms with Crippen molar-refractivity contribution >= 4 is 21.5 Å². The summed E-state index contributed by atoms with van der Waals surface area (Å²) < 4.78 is 22.2. The van der Waals surface area contributed by atoms with Gasteiger partial charge in [0.25, 0.3) is 0 Å². The molecule has 1 N–H and O–H groups in total. The number of rotatable bonds is 5. The summed E-state index contributed by atoms with van der Waals surface area (Å²) >= 11 is 0. The minimum Gasteiger partial charge on any atom is -0.324 e. The van der Waals surface area contributed by atoms with Crippen LogP contribution in [-0.2, 0) is 16.3 Å². The zero-order valence-electron chi connectivity index (χ0n) is 11.5. The molecule has 0 saturated heterocycles. The molecule has 5 nitrogen and oxygen atoms in total. The van der Waals surface area contributed by atoms with E-state index in [0.717, 1.165) is 16.9 Å². The quantitative estimate of drug-likeness (QED) is 0.913. The highest BCUT2D eigenvalue weighted by atomic mass is 32.2. The second-order valence-corrected chi connectivity index (χ2v) is 6.98. The fourth-order valence-electron chi connectivity index (χ4n) is 1.70. The van der Waals surface area contributed by atoms with Crippen LogP contribution in [0.2, 0.25) is 0 Å². The summed E-state index contributed by atoms with van der Waals surface area (Å²) in [6.45, 7) is 1.90. The van der Waals surface area contributed by atoms with Crippen molar-refractivity contribution in [3.63, 3.8) is 0 Å². The summed E-state index contributed by atoms with van der Waals surface area (Å²) in [5.41, 5.74) is 2.76. The fraction of sp³-hybridized carbons (Fsp3) is 0.286. The first kappa shape index (κ1) is 14.5. The molecular formula is C14H17N3O2S. The molecule has 0 aliphatic heterocycles. The van der Waals surface area contributed by atoms with Gasteiger partial charge >= 0.3 is 0 Å². The smallest absolute Gasteiger partial charge is 0.227 e. The van der Waals surface area contributed by atoms with Crippen molar-refractivity contribution in [2.75, 3.05) is 17.3 Å². The molecule has 0 radical (unpaired) electrons. The van der Waals surface area contributed by atoms with Gasteiger partial charge in [0.15, 0.2) is 0 Å². The van der Waals surface area contributed by atoms with Gasteiger partial charge in [-0.15, -0.1) is 0 Å². The van der Waals surface area contributed by atoms with Gasteiger partial charge in [0.1, 0.15) is 9.84 Å². The van der Waals surface area contributed by atoms with E-state index >= 15 is 0 Å². The van der Waals surface area contributed by atoms with E-state index in [2.05, 4.69) is 15.3 Å². The second kappa shape index (κ2) is 6.00. The number of sulfone groups is 1. The maximum Gasteiger partial charge on any atom is 0.227 e. The van der Waals surface area contributed by atoms with Crippen LogP contribution in [0.4, 0.5) is 11.6 Å².